The number of dihydropyridines is 1. The van der Waals surface area contributed by atoms with Crippen LogP contribution in [-0.4, -0.2) is 24.2 Å². The number of ether oxygens (including phenoxy) is 1. The molecule has 0 saturated carbocycles. The smallest absolute Gasteiger partial charge is 0.336 e. The van der Waals surface area contributed by atoms with E-state index >= 15 is 0 Å². The van der Waals surface area contributed by atoms with E-state index in [9.17, 15) is 14.7 Å². The summed E-state index contributed by atoms with van der Waals surface area (Å²) in [6.45, 7) is 3.35. The zero-order chi connectivity index (χ0) is 14.9. The zero-order valence-electron chi connectivity index (χ0n) is 11.4. The van der Waals surface area contributed by atoms with E-state index in [4.69, 9.17) is 9.15 Å². The minimum absolute atomic E-state index is 0.0750. The fraction of sp³-hybridized carbons (Fsp3) is 0.286. The average Bonchev–Trinajstić information content (AvgIpc) is 2.90. The number of esters is 1. The average molecular weight is 277 g/mol. The van der Waals surface area contributed by atoms with Crippen LogP contribution in [0, 0.1) is 0 Å². The highest BCUT2D eigenvalue weighted by Crippen LogP contribution is 2.38. The van der Waals surface area contributed by atoms with Crippen molar-refractivity contribution in [3.63, 3.8) is 0 Å². The van der Waals surface area contributed by atoms with Gasteiger partial charge in [-0.25, -0.2) is 9.59 Å². The van der Waals surface area contributed by atoms with Crippen molar-refractivity contribution in [2.24, 2.45) is 0 Å². The maximum Gasteiger partial charge on any atom is 0.336 e. The molecule has 2 N–H and O–H groups in total. The molecule has 1 aliphatic heterocycles. The molecular formula is C14H15NO5. The van der Waals surface area contributed by atoms with Gasteiger partial charge in [0, 0.05) is 11.4 Å². The number of carbonyl (C=O) groups excluding carboxylic acids is 1. The molecule has 1 atom stereocenters. The van der Waals surface area contributed by atoms with E-state index in [1.807, 2.05) is 0 Å². The topological polar surface area (TPSA) is 88.8 Å². The van der Waals surface area contributed by atoms with Gasteiger partial charge in [0.05, 0.1) is 30.4 Å². The van der Waals surface area contributed by atoms with Crippen LogP contribution in [0.25, 0.3) is 0 Å². The Morgan fingerprint density at radius 1 is 1.30 bits per heavy atom. The predicted octanol–water partition coefficient (Wildman–Crippen LogP) is 1.77. The van der Waals surface area contributed by atoms with Gasteiger partial charge in [0.15, 0.2) is 0 Å². The first-order chi connectivity index (χ1) is 9.47. The van der Waals surface area contributed by atoms with E-state index in [2.05, 4.69) is 5.32 Å². The van der Waals surface area contributed by atoms with E-state index in [-0.39, 0.29) is 11.1 Å². The van der Waals surface area contributed by atoms with E-state index in [1.165, 1.54) is 13.4 Å². The van der Waals surface area contributed by atoms with Gasteiger partial charge in [-0.2, -0.15) is 0 Å². The lowest BCUT2D eigenvalue weighted by molar-refractivity contribution is -0.136. The van der Waals surface area contributed by atoms with Gasteiger partial charge in [-0.3, -0.25) is 0 Å². The summed E-state index contributed by atoms with van der Waals surface area (Å²) < 4.78 is 10.1. The van der Waals surface area contributed by atoms with Gasteiger partial charge in [-0.1, -0.05) is 0 Å². The largest absolute Gasteiger partial charge is 0.478 e. The minimum Gasteiger partial charge on any atom is -0.478 e. The second-order valence-electron chi connectivity index (χ2n) is 4.45. The standard InChI is InChI=1S/C14H15NO5/c1-7-10(13(16)17)12(9-5-4-6-20-9)11(8(2)15-7)14(18)19-3/h4-6,12,15H,1-3H3,(H,16,17). The number of furan rings is 1. The number of nitrogens with one attached hydrogen (secondary N) is 1. The Morgan fingerprint density at radius 2 is 1.95 bits per heavy atom. The van der Waals surface area contributed by atoms with E-state index in [0.717, 1.165) is 0 Å². The van der Waals surface area contributed by atoms with Crippen LogP contribution in [0.5, 0.6) is 0 Å². The van der Waals surface area contributed by atoms with Gasteiger partial charge in [0.2, 0.25) is 0 Å². The highest BCUT2D eigenvalue weighted by atomic mass is 16.5. The van der Waals surface area contributed by atoms with Crippen molar-refractivity contribution in [2.45, 2.75) is 19.8 Å². The lowest BCUT2D eigenvalue weighted by Gasteiger charge is -2.27. The van der Waals surface area contributed by atoms with Gasteiger partial charge in [-0.15, -0.1) is 0 Å². The quantitative estimate of drug-likeness (QED) is 0.818. The minimum atomic E-state index is -1.11. The summed E-state index contributed by atoms with van der Waals surface area (Å²) in [6, 6.07) is 3.29. The molecule has 1 unspecified atom stereocenters. The molecule has 1 aromatic rings. The Balaban J connectivity index is 2.63. The number of aliphatic carboxylic acids is 1. The molecule has 2 heterocycles. The first kappa shape index (κ1) is 13.9. The molecule has 0 spiro atoms. The third-order valence-corrected chi connectivity index (χ3v) is 3.22. The van der Waals surface area contributed by atoms with Gasteiger partial charge in [0.1, 0.15) is 5.76 Å². The summed E-state index contributed by atoms with van der Waals surface area (Å²) in [6.07, 6.45) is 1.44. The Hall–Kier alpha value is -2.50. The fourth-order valence-corrected chi connectivity index (χ4v) is 2.40. The highest BCUT2D eigenvalue weighted by molar-refractivity contribution is 5.98. The van der Waals surface area contributed by atoms with E-state index < -0.39 is 17.9 Å². The molecule has 0 bridgehead atoms. The highest BCUT2D eigenvalue weighted by Gasteiger charge is 2.38. The zero-order valence-corrected chi connectivity index (χ0v) is 11.4. The number of allylic oxidation sites excluding steroid dienone is 2. The molecule has 106 valence electrons. The van der Waals surface area contributed by atoms with Crippen molar-refractivity contribution in [2.75, 3.05) is 7.11 Å². The van der Waals surface area contributed by atoms with Crippen molar-refractivity contribution in [3.8, 4) is 0 Å². The van der Waals surface area contributed by atoms with Crippen molar-refractivity contribution in [1.82, 2.24) is 5.32 Å². The second kappa shape index (κ2) is 5.24. The van der Waals surface area contributed by atoms with E-state index in [1.54, 1.807) is 26.0 Å². The first-order valence-corrected chi connectivity index (χ1v) is 6.01. The molecule has 0 radical (unpaired) electrons. The van der Waals surface area contributed by atoms with Gasteiger partial charge >= 0.3 is 11.9 Å². The molecule has 0 aromatic carbocycles. The van der Waals surface area contributed by atoms with Crippen LogP contribution in [0.4, 0.5) is 0 Å². The molecule has 1 aliphatic rings. The number of carboxylic acids is 1. The molecule has 1 aromatic heterocycles. The normalized spacial score (nSPS) is 18.9. The number of carboxylic acid groups (broad SMARTS) is 1. The molecule has 0 fully saturated rings. The van der Waals surface area contributed by atoms with Crippen molar-refractivity contribution in [3.05, 3.63) is 46.7 Å². The lowest BCUT2D eigenvalue weighted by Crippen LogP contribution is -2.31. The van der Waals surface area contributed by atoms with Crippen LogP contribution in [0.15, 0.2) is 45.4 Å². The number of methoxy groups -OCH3 is 1. The van der Waals surface area contributed by atoms with Gasteiger partial charge in [0.25, 0.3) is 0 Å². The molecule has 6 heteroatoms. The van der Waals surface area contributed by atoms with Crippen LogP contribution in [-0.2, 0) is 14.3 Å². The van der Waals surface area contributed by atoms with Crippen LogP contribution in [0.1, 0.15) is 25.5 Å². The number of rotatable bonds is 3. The van der Waals surface area contributed by atoms with E-state index in [0.29, 0.717) is 17.2 Å². The molecule has 0 amide bonds. The van der Waals surface area contributed by atoms with Gasteiger partial charge < -0.3 is 19.6 Å². The molecule has 2 rings (SSSR count). The monoisotopic (exact) mass is 277 g/mol. The molecule has 0 saturated heterocycles. The Bertz CT molecular complexity index is 610. The lowest BCUT2D eigenvalue weighted by atomic mass is 9.83. The number of hydrogen-bond donors (Lipinski definition) is 2. The second-order valence-corrected chi connectivity index (χ2v) is 4.45. The fourth-order valence-electron chi connectivity index (χ4n) is 2.40. The third-order valence-electron chi connectivity index (χ3n) is 3.22. The van der Waals surface area contributed by atoms with Gasteiger partial charge in [-0.05, 0) is 26.0 Å². The maximum atomic E-state index is 12.0. The Kier molecular flexibility index (Phi) is 3.65. The van der Waals surface area contributed by atoms with Crippen molar-refractivity contribution in [1.29, 1.82) is 0 Å². The summed E-state index contributed by atoms with van der Waals surface area (Å²) in [5.41, 5.74) is 1.35. The van der Waals surface area contributed by atoms with Crippen molar-refractivity contribution >= 4 is 11.9 Å². The number of carbonyl (C=O) groups is 2. The summed E-state index contributed by atoms with van der Waals surface area (Å²) in [5.74, 6) is -2.08. The first-order valence-electron chi connectivity index (χ1n) is 6.01. The number of hydrogen-bond acceptors (Lipinski definition) is 5. The Labute approximate surface area is 115 Å². The van der Waals surface area contributed by atoms with Crippen LogP contribution in [0.3, 0.4) is 0 Å². The summed E-state index contributed by atoms with van der Waals surface area (Å²) >= 11 is 0. The predicted molar refractivity (Wildman–Crippen MR) is 69.6 cm³/mol. The van der Waals surface area contributed by atoms with Crippen LogP contribution >= 0.6 is 0 Å². The summed E-state index contributed by atoms with van der Waals surface area (Å²) in [7, 11) is 1.26. The van der Waals surface area contributed by atoms with Crippen LogP contribution < -0.4 is 5.32 Å². The summed E-state index contributed by atoms with van der Waals surface area (Å²) in [5, 5.41) is 12.3. The third kappa shape index (κ3) is 2.20. The van der Waals surface area contributed by atoms with Crippen molar-refractivity contribution < 1.29 is 23.8 Å². The Morgan fingerprint density at radius 3 is 2.45 bits per heavy atom. The maximum absolute atomic E-state index is 12.0. The molecule has 6 nitrogen and oxygen atoms in total. The SMILES string of the molecule is COC(=O)C1=C(C)NC(C)=C(C(=O)O)C1c1ccco1. The molecule has 0 aliphatic carbocycles. The molecular weight excluding hydrogens is 262 g/mol. The van der Waals surface area contributed by atoms with Crippen LogP contribution in [0.2, 0.25) is 0 Å². The molecule has 20 heavy (non-hydrogen) atoms. The summed E-state index contributed by atoms with van der Waals surface area (Å²) in [4.78, 5) is 23.5.